The summed E-state index contributed by atoms with van der Waals surface area (Å²) in [5, 5.41) is 11.8. The molecule has 0 fully saturated rings. The summed E-state index contributed by atoms with van der Waals surface area (Å²) in [4.78, 5) is 2.50. The van der Waals surface area contributed by atoms with Gasteiger partial charge in [-0.25, -0.2) is 0 Å². The third-order valence-electron chi connectivity index (χ3n) is 4.05. The van der Waals surface area contributed by atoms with E-state index < -0.39 is 0 Å². The smallest absolute Gasteiger partial charge is 0.0687 e. The molecule has 1 N–H and O–H groups in total. The van der Waals surface area contributed by atoms with Crippen molar-refractivity contribution in [2.24, 2.45) is 0 Å². The number of anilines is 1. The summed E-state index contributed by atoms with van der Waals surface area (Å²) in [5.74, 6) is 0. The Balaban J connectivity index is 2.29. The molecule has 0 aliphatic heterocycles. The lowest BCUT2D eigenvalue weighted by atomic mass is 10.0. The maximum atomic E-state index is 9.44. The molecule has 0 saturated heterocycles. The minimum Gasteiger partial charge on any atom is -0.392 e. The number of aliphatic hydroxyl groups is 1. The van der Waals surface area contributed by atoms with E-state index >= 15 is 0 Å². The number of hydrogen-bond acceptors (Lipinski definition) is 2. The highest BCUT2D eigenvalue weighted by atomic mass is 16.3. The van der Waals surface area contributed by atoms with Crippen LogP contribution in [0.2, 0.25) is 0 Å². The summed E-state index contributed by atoms with van der Waals surface area (Å²) in [5.41, 5.74) is 2.31. The molecule has 2 aromatic carbocycles. The average Bonchev–Trinajstić information content (AvgIpc) is 2.54. The predicted octanol–water partition coefficient (Wildman–Crippen LogP) is 4.74. The molecule has 114 valence electrons. The zero-order chi connectivity index (χ0) is 15.1. The van der Waals surface area contributed by atoms with Crippen molar-refractivity contribution < 1.29 is 5.11 Å². The van der Waals surface area contributed by atoms with Gasteiger partial charge in [0.1, 0.15) is 0 Å². The molecule has 0 aliphatic carbocycles. The van der Waals surface area contributed by atoms with Gasteiger partial charge in [0.2, 0.25) is 0 Å². The van der Waals surface area contributed by atoms with Crippen molar-refractivity contribution >= 4 is 16.5 Å². The zero-order valence-corrected chi connectivity index (χ0v) is 13.3. The van der Waals surface area contributed by atoms with Gasteiger partial charge in [0.25, 0.3) is 0 Å². The fourth-order valence-electron chi connectivity index (χ4n) is 2.74. The first-order valence-electron chi connectivity index (χ1n) is 8.17. The van der Waals surface area contributed by atoms with Crippen molar-refractivity contribution in [2.45, 2.75) is 46.1 Å². The van der Waals surface area contributed by atoms with Crippen molar-refractivity contribution in [1.29, 1.82) is 0 Å². The monoisotopic (exact) mass is 285 g/mol. The maximum Gasteiger partial charge on any atom is 0.0687 e. The number of nitrogens with zero attached hydrogens (tertiary/aromatic N) is 1. The van der Waals surface area contributed by atoms with E-state index in [9.17, 15) is 5.11 Å². The molecule has 0 aliphatic rings. The number of hydrogen-bond donors (Lipinski definition) is 1. The van der Waals surface area contributed by atoms with E-state index in [-0.39, 0.29) is 6.61 Å². The van der Waals surface area contributed by atoms with Gasteiger partial charge in [-0.15, -0.1) is 0 Å². The number of rotatable bonds is 8. The molecule has 0 atom stereocenters. The highest BCUT2D eigenvalue weighted by Gasteiger charge is 2.07. The van der Waals surface area contributed by atoms with Crippen LogP contribution in [0.3, 0.4) is 0 Å². The second kappa shape index (κ2) is 8.04. The minimum absolute atomic E-state index is 0.103. The lowest BCUT2D eigenvalue weighted by Crippen LogP contribution is -2.25. The topological polar surface area (TPSA) is 23.5 Å². The van der Waals surface area contributed by atoms with Crippen LogP contribution in [0.25, 0.3) is 10.8 Å². The van der Waals surface area contributed by atoms with Crippen LogP contribution in [-0.4, -0.2) is 18.2 Å². The molecular weight excluding hydrogens is 258 g/mol. The Morgan fingerprint density at radius 3 is 2.29 bits per heavy atom. The Morgan fingerprint density at radius 2 is 1.67 bits per heavy atom. The molecule has 0 spiro atoms. The van der Waals surface area contributed by atoms with E-state index in [0.717, 1.165) is 24.0 Å². The van der Waals surface area contributed by atoms with Gasteiger partial charge in [-0.3, -0.25) is 0 Å². The van der Waals surface area contributed by atoms with Crippen molar-refractivity contribution in [3.05, 3.63) is 42.0 Å². The van der Waals surface area contributed by atoms with Gasteiger partial charge >= 0.3 is 0 Å². The molecule has 0 bridgehead atoms. The molecule has 2 heteroatoms. The molecular formula is C19H27NO. The first-order valence-corrected chi connectivity index (χ1v) is 8.17. The summed E-state index contributed by atoms with van der Waals surface area (Å²) >= 11 is 0. The largest absolute Gasteiger partial charge is 0.392 e. The summed E-state index contributed by atoms with van der Waals surface area (Å²) in [7, 11) is 0. The van der Waals surface area contributed by atoms with Crippen molar-refractivity contribution in [2.75, 3.05) is 18.0 Å². The summed E-state index contributed by atoms with van der Waals surface area (Å²) in [6.45, 7) is 6.84. The molecule has 0 amide bonds. The van der Waals surface area contributed by atoms with Gasteiger partial charge in [0.15, 0.2) is 0 Å². The SMILES string of the molecule is CCCCN(CCCC)c1ccc2c(CO)cccc2c1. The molecule has 0 saturated carbocycles. The van der Waals surface area contributed by atoms with Crippen molar-refractivity contribution in [1.82, 2.24) is 0 Å². The Bertz CT molecular complexity index is 556. The van der Waals surface area contributed by atoms with Crippen LogP contribution < -0.4 is 4.90 Å². The van der Waals surface area contributed by atoms with Gasteiger partial charge in [0.05, 0.1) is 6.61 Å². The van der Waals surface area contributed by atoms with Gasteiger partial charge < -0.3 is 10.0 Å². The molecule has 0 aromatic heterocycles. The maximum absolute atomic E-state index is 9.44. The lowest BCUT2D eigenvalue weighted by molar-refractivity contribution is 0.283. The average molecular weight is 285 g/mol. The molecule has 2 nitrogen and oxygen atoms in total. The van der Waals surface area contributed by atoms with E-state index in [1.165, 1.54) is 36.8 Å². The Morgan fingerprint density at radius 1 is 0.952 bits per heavy atom. The summed E-state index contributed by atoms with van der Waals surface area (Å²) in [6.07, 6.45) is 4.92. The number of fused-ring (bicyclic) bond motifs is 1. The highest BCUT2D eigenvalue weighted by molar-refractivity contribution is 5.88. The van der Waals surface area contributed by atoms with E-state index in [1.54, 1.807) is 0 Å². The van der Waals surface area contributed by atoms with Crippen molar-refractivity contribution in [3.8, 4) is 0 Å². The van der Waals surface area contributed by atoms with Crippen LogP contribution in [0, 0.1) is 0 Å². The van der Waals surface area contributed by atoms with E-state index in [2.05, 4.69) is 43.0 Å². The van der Waals surface area contributed by atoms with Crippen molar-refractivity contribution in [3.63, 3.8) is 0 Å². The van der Waals surface area contributed by atoms with Gasteiger partial charge in [-0.1, -0.05) is 51.0 Å². The lowest BCUT2D eigenvalue weighted by Gasteiger charge is -2.25. The number of unbranched alkanes of at least 4 members (excludes halogenated alkanes) is 2. The quantitative estimate of drug-likeness (QED) is 0.757. The number of aliphatic hydroxyl groups excluding tert-OH is 1. The third-order valence-corrected chi connectivity index (χ3v) is 4.05. The Kier molecular flexibility index (Phi) is 6.06. The second-order valence-corrected chi connectivity index (χ2v) is 5.67. The van der Waals surface area contributed by atoms with Crippen LogP contribution in [0.4, 0.5) is 5.69 Å². The van der Waals surface area contributed by atoms with Crippen LogP contribution in [0.5, 0.6) is 0 Å². The van der Waals surface area contributed by atoms with E-state index in [4.69, 9.17) is 0 Å². The normalized spacial score (nSPS) is 11.0. The van der Waals surface area contributed by atoms with Crippen LogP contribution in [-0.2, 0) is 6.61 Å². The first-order chi connectivity index (χ1) is 10.3. The van der Waals surface area contributed by atoms with E-state index in [1.807, 2.05) is 12.1 Å². The fourth-order valence-corrected chi connectivity index (χ4v) is 2.74. The standard InChI is InChI=1S/C19H27NO/c1-3-5-12-20(13-6-4-2)18-10-11-19-16(14-18)8-7-9-17(19)15-21/h7-11,14,21H,3-6,12-13,15H2,1-2H3. The predicted molar refractivity (Wildman–Crippen MR) is 91.9 cm³/mol. The molecule has 0 radical (unpaired) electrons. The molecule has 0 heterocycles. The minimum atomic E-state index is 0.103. The van der Waals surface area contributed by atoms with Gasteiger partial charge in [-0.2, -0.15) is 0 Å². The van der Waals surface area contributed by atoms with Crippen LogP contribution in [0.1, 0.15) is 45.1 Å². The van der Waals surface area contributed by atoms with E-state index in [0.29, 0.717) is 0 Å². The highest BCUT2D eigenvalue weighted by Crippen LogP contribution is 2.25. The van der Waals surface area contributed by atoms with Gasteiger partial charge in [0, 0.05) is 18.8 Å². The molecule has 2 rings (SSSR count). The third kappa shape index (κ3) is 3.98. The molecule has 2 aromatic rings. The molecule has 0 unspecified atom stereocenters. The van der Waals surface area contributed by atoms with Crippen LogP contribution >= 0.6 is 0 Å². The summed E-state index contributed by atoms with van der Waals surface area (Å²) < 4.78 is 0. The number of benzene rings is 2. The Hall–Kier alpha value is -1.54. The first kappa shape index (κ1) is 15.8. The summed E-state index contributed by atoms with van der Waals surface area (Å²) in [6, 6.07) is 12.8. The second-order valence-electron chi connectivity index (χ2n) is 5.67. The molecule has 21 heavy (non-hydrogen) atoms. The van der Waals surface area contributed by atoms with Crippen LogP contribution in [0.15, 0.2) is 36.4 Å². The fraction of sp³-hybridized carbons (Fsp3) is 0.474. The Labute approximate surface area is 128 Å². The zero-order valence-electron chi connectivity index (χ0n) is 13.3. The van der Waals surface area contributed by atoms with Gasteiger partial charge in [-0.05, 0) is 41.3 Å².